The number of esters is 1. The SMILES string of the molecule is CCOC(=O)c1ccccc1COc1ccc(C(C)=O)c(CC(=O)O)c1. The van der Waals surface area contributed by atoms with E-state index in [0.717, 1.165) is 0 Å². The van der Waals surface area contributed by atoms with E-state index in [0.29, 0.717) is 28.0 Å². The van der Waals surface area contributed by atoms with E-state index in [1.807, 2.05) is 0 Å². The number of aliphatic carboxylic acids is 1. The van der Waals surface area contributed by atoms with Gasteiger partial charge in [0.1, 0.15) is 12.4 Å². The lowest BCUT2D eigenvalue weighted by atomic mass is 10.0. The normalized spacial score (nSPS) is 10.2. The van der Waals surface area contributed by atoms with Crippen molar-refractivity contribution in [2.24, 2.45) is 0 Å². The summed E-state index contributed by atoms with van der Waals surface area (Å²) in [5.41, 5.74) is 1.81. The van der Waals surface area contributed by atoms with E-state index in [9.17, 15) is 14.4 Å². The molecule has 0 aliphatic carbocycles. The van der Waals surface area contributed by atoms with Crippen molar-refractivity contribution in [1.82, 2.24) is 0 Å². The summed E-state index contributed by atoms with van der Waals surface area (Å²) in [6.07, 6.45) is -0.272. The van der Waals surface area contributed by atoms with Crippen molar-refractivity contribution in [2.75, 3.05) is 6.61 Å². The topological polar surface area (TPSA) is 89.9 Å². The molecule has 0 heterocycles. The fourth-order valence-electron chi connectivity index (χ4n) is 2.53. The van der Waals surface area contributed by atoms with Crippen molar-refractivity contribution in [3.05, 3.63) is 64.7 Å². The molecule has 0 aromatic heterocycles. The minimum atomic E-state index is -1.03. The van der Waals surface area contributed by atoms with E-state index < -0.39 is 11.9 Å². The maximum absolute atomic E-state index is 12.0. The summed E-state index contributed by atoms with van der Waals surface area (Å²) in [7, 11) is 0. The molecule has 0 saturated carbocycles. The molecule has 2 aromatic rings. The second kappa shape index (κ2) is 8.80. The quantitative estimate of drug-likeness (QED) is 0.577. The molecule has 2 rings (SSSR count). The third-order valence-corrected chi connectivity index (χ3v) is 3.70. The number of carbonyl (C=O) groups is 3. The lowest BCUT2D eigenvalue weighted by Crippen LogP contribution is -2.10. The fourth-order valence-corrected chi connectivity index (χ4v) is 2.53. The Hall–Kier alpha value is -3.15. The molecule has 6 heteroatoms. The highest BCUT2D eigenvalue weighted by atomic mass is 16.5. The summed E-state index contributed by atoms with van der Waals surface area (Å²) < 4.78 is 10.7. The smallest absolute Gasteiger partial charge is 0.338 e. The zero-order valence-electron chi connectivity index (χ0n) is 14.7. The second-order valence-electron chi connectivity index (χ2n) is 5.61. The number of hydrogen-bond acceptors (Lipinski definition) is 5. The average molecular weight is 356 g/mol. The summed E-state index contributed by atoms with van der Waals surface area (Å²) in [5.74, 6) is -1.24. The third kappa shape index (κ3) is 4.92. The number of rotatable bonds is 8. The Bertz CT molecular complexity index is 825. The lowest BCUT2D eigenvalue weighted by molar-refractivity contribution is -0.136. The second-order valence-corrected chi connectivity index (χ2v) is 5.61. The van der Waals surface area contributed by atoms with Gasteiger partial charge >= 0.3 is 11.9 Å². The molecule has 0 unspecified atom stereocenters. The van der Waals surface area contributed by atoms with Gasteiger partial charge in [-0.3, -0.25) is 9.59 Å². The molecule has 0 amide bonds. The van der Waals surface area contributed by atoms with Gasteiger partial charge in [-0.1, -0.05) is 18.2 Å². The van der Waals surface area contributed by atoms with Gasteiger partial charge in [0.05, 0.1) is 18.6 Å². The minimum absolute atomic E-state index is 0.112. The number of carbonyl (C=O) groups excluding carboxylic acids is 2. The Morgan fingerprint density at radius 3 is 2.38 bits per heavy atom. The number of ether oxygens (including phenoxy) is 2. The summed E-state index contributed by atoms with van der Waals surface area (Å²) in [6.45, 7) is 3.51. The zero-order chi connectivity index (χ0) is 19.1. The number of carboxylic acids is 1. The lowest BCUT2D eigenvalue weighted by Gasteiger charge is -2.12. The molecule has 0 fully saturated rings. The van der Waals surface area contributed by atoms with Gasteiger partial charge in [0, 0.05) is 11.1 Å². The summed E-state index contributed by atoms with van der Waals surface area (Å²) in [6, 6.07) is 11.6. The Labute approximate surface area is 151 Å². The van der Waals surface area contributed by atoms with Crippen molar-refractivity contribution in [3.8, 4) is 5.75 Å². The minimum Gasteiger partial charge on any atom is -0.489 e. The molecule has 136 valence electrons. The first kappa shape index (κ1) is 19.2. The van der Waals surface area contributed by atoms with Crippen LogP contribution >= 0.6 is 0 Å². The van der Waals surface area contributed by atoms with Crippen molar-refractivity contribution in [2.45, 2.75) is 26.9 Å². The monoisotopic (exact) mass is 356 g/mol. The summed E-state index contributed by atoms with van der Waals surface area (Å²) in [5, 5.41) is 9.02. The van der Waals surface area contributed by atoms with Crippen LogP contribution < -0.4 is 4.74 Å². The first-order valence-corrected chi connectivity index (χ1v) is 8.15. The number of hydrogen-bond donors (Lipinski definition) is 1. The van der Waals surface area contributed by atoms with E-state index in [4.69, 9.17) is 14.6 Å². The molecule has 6 nitrogen and oxygen atoms in total. The van der Waals surface area contributed by atoms with E-state index in [1.54, 1.807) is 43.3 Å². The molecule has 0 spiro atoms. The molecule has 0 radical (unpaired) electrons. The fraction of sp³-hybridized carbons (Fsp3) is 0.250. The van der Waals surface area contributed by atoms with Crippen LogP contribution in [0.2, 0.25) is 0 Å². The number of carboxylic acid groups (broad SMARTS) is 1. The van der Waals surface area contributed by atoms with Gasteiger partial charge in [-0.2, -0.15) is 0 Å². The maximum Gasteiger partial charge on any atom is 0.338 e. The van der Waals surface area contributed by atoms with Crippen LogP contribution in [0.25, 0.3) is 0 Å². The van der Waals surface area contributed by atoms with Crippen LogP contribution in [-0.4, -0.2) is 29.4 Å². The Balaban J connectivity index is 2.21. The van der Waals surface area contributed by atoms with Gasteiger partial charge < -0.3 is 14.6 Å². The zero-order valence-corrected chi connectivity index (χ0v) is 14.7. The first-order chi connectivity index (χ1) is 12.4. The molecule has 2 aromatic carbocycles. The molecule has 26 heavy (non-hydrogen) atoms. The van der Waals surface area contributed by atoms with E-state index >= 15 is 0 Å². The molecular weight excluding hydrogens is 336 g/mol. The number of ketones is 1. The largest absolute Gasteiger partial charge is 0.489 e. The third-order valence-electron chi connectivity index (χ3n) is 3.70. The molecule has 0 bridgehead atoms. The Morgan fingerprint density at radius 2 is 1.73 bits per heavy atom. The highest BCUT2D eigenvalue weighted by Crippen LogP contribution is 2.21. The predicted octanol–water partition coefficient (Wildman–Crippen LogP) is 3.27. The molecule has 0 aliphatic heterocycles. The molecule has 1 N–H and O–H groups in total. The van der Waals surface area contributed by atoms with E-state index in [1.165, 1.54) is 13.0 Å². The molecular formula is C20H20O6. The van der Waals surface area contributed by atoms with Crippen LogP contribution in [0.3, 0.4) is 0 Å². The van der Waals surface area contributed by atoms with Gasteiger partial charge in [0.2, 0.25) is 0 Å². The van der Waals surface area contributed by atoms with Gasteiger partial charge in [0.15, 0.2) is 5.78 Å². The Morgan fingerprint density at radius 1 is 1.00 bits per heavy atom. The van der Waals surface area contributed by atoms with E-state index in [2.05, 4.69) is 0 Å². The molecule has 0 saturated heterocycles. The molecule has 0 atom stereocenters. The van der Waals surface area contributed by atoms with Crippen LogP contribution in [-0.2, 0) is 22.6 Å². The number of benzene rings is 2. The highest BCUT2D eigenvalue weighted by Gasteiger charge is 2.14. The maximum atomic E-state index is 12.0. The summed E-state index contributed by atoms with van der Waals surface area (Å²) >= 11 is 0. The van der Waals surface area contributed by atoms with Crippen molar-refractivity contribution in [3.63, 3.8) is 0 Å². The van der Waals surface area contributed by atoms with Crippen LogP contribution in [0.15, 0.2) is 42.5 Å². The summed E-state index contributed by atoms with van der Waals surface area (Å²) in [4.78, 5) is 34.6. The van der Waals surface area contributed by atoms with Crippen molar-refractivity contribution in [1.29, 1.82) is 0 Å². The number of Topliss-reactive ketones (excluding diaryl/α,β-unsaturated/α-hetero) is 1. The van der Waals surface area contributed by atoms with Crippen LogP contribution in [0, 0.1) is 0 Å². The van der Waals surface area contributed by atoms with Gasteiger partial charge in [-0.15, -0.1) is 0 Å². The van der Waals surface area contributed by atoms with Crippen LogP contribution in [0.5, 0.6) is 5.75 Å². The van der Waals surface area contributed by atoms with Crippen molar-refractivity contribution < 1.29 is 29.0 Å². The van der Waals surface area contributed by atoms with Crippen LogP contribution in [0.1, 0.15) is 45.7 Å². The van der Waals surface area contributed by atoms with Gasteiger partial charge in [0.25, 0.3) is 0 Å². The highest BCUT2D eigenvalue weighted by molar-refractivity contribution is 5.96. The average Bonchev–Trinajstić information content (AvgIpc) is 2.59. The Kier molecular flexibility index (Phi) is 6.49. The van der Waals surface area contributed by atoms with Crippen molar-refractivity contribution >= 4 is 17.7 Å². The first-order valence-electron chi connectivity index (χ1n) is 8.15. The standard InChI is InChI=1S/C20H20O6/c1-3-25-20(24)18-7-5-4-6-14(18)12-26-16-8-9-17(13(2)21)15(10-16)11-19(22)23/h4-10H,3,11-12H2,1-2H3,(H,22,23). The predicted molar refractivity (Wildman–Crippen MR) is 94.5 cm³/mol. The van der Waals surface area contributed by atoms with Gasteiger partial charge in [-0.25, -0.2) is 4.79 Å². The van der Waals surface area contributed by atoms with E-state index in [-0.39, 0.29) is 25.4 Å². The van der Waals surface area contributed by atoms with Crippen LogP contribution in [0.4, 0.5) is 0 Å². The molecule has 0 aliphatic rings. The van der Waals surface area contributed by atoms with Gasteiger partial charge in [-0.05, 0) is 43.7 Å².